The first kappa shape index (κ1) is 17.4. The van der Waals surface area contributed by atoms with Crippen LogP contribution in [0.25, 0.3) is 0 Å². The highest BCUT2D eigenvalue weighted by molar-refractivity contribution is 5.81. The fraction of sp³-hybridized carbons (Fsp3) is 0.938. The van der Waals surface area contributed by atoms with E-state index in [2.05, 4.69) is 29.4 Å². The molecule has 2 N–H and O–H groups in total. The number of rotatable bonds is 9. The van der Waals surface area contributed by atoms with Gasteiger partial charge in [-0.1, -0.05) is 26.2 Å². The number of carbonyl (C=O) groups is 1. The molecule has 2 atom stereocenters. The first-order valence-electron chi connectivity index (χ1n) is 8.40. The van der Waals surface area contributed by atoms with Crippen LogP contribution in [0, 0.1) is 0 Å². The number of piperidine rings is 1. The molecule has 1 amide bonds. The van der Waals surface area contributed by atoms with Gasteiger partial charge in [0.15, 0.2) is 0 Å². The van der Waals surface area contributed by atoms with Gasteiger partial charge in [0.1, 0.15) is 0 Å². The number of nitrogens with zero attached hydrogens (tertiary/aromatic N) is 1. The van der Waals surface area contributed by atoms with Crippen molar-refractivity contribution >= 4 is 5.91 Å². The molecule has 1 rings (SSSR count). The van der Waals surface area contributed by atoms with Crippen LogP contribution in [0.2, 0.25) is 0 Å². The largest absolute Gasteiger partial charge is 0.355 e. The van der Waals surface area contributed by atoms with Crippen LogP contribution in [0.3, 0.4) is 0 Å². The van der Waals surface area contributed by atoms with E-state index in [0.717, 1.165) is 19.5 Å². The summed E-state index contributed by atoms with van der Waals surface area (Å²) in [4.78, 5) is 14.4. The molecule has 1 fully saturated rings. The van der Waals surface area contributed by atoms with Crippen molar-refractivity contribution in [3.63, 3.8) is 0 Å². The van der Waals surface area contributed by atoms with E-state index < -0.39 is 0 Å². The van der Waals surface area contributed by atoms with E-state index in [-0.39, 0.29) is 11.9 Å². The van der Waals surface area contributed by atoms with E-state index >= 15 is 0 Å². The molecule has 0 saturated carbocycles. The van der Waals surface area contributed by atoms with Gasteiger partial charge in [-0.15, -0.1) is 0 Å². The number of hydrogen-bond acceptors (Lipinski definition) is 3. The summed E-state index contributed by atoms with van der Waals surface area (Å²) in [5.74, 6) is 0.131. The van der Waals surface area contributed by atoms with E-state index in [9.17, 15) is 4.79 Å². The zero-order valence-electron chi connectivity index (χ0n) is 13.6. The predicted molar refractivity (Wildman–Crippen MR) is 84.9 cm³/mol. The lowest BCUT2D eigenvalue weighted by Gasteiger charge is -2.33. The molecule has 0 spiro atoms. The minimum atomic E-state index is -0.0936. The van der Waals surface area contributed by atoms with Gasteiger partial charge in [-0.05, 0) is 46.2 Å². The summed E-state index contributed by atoms with van der Waals surface area (Å²) in [6.45, 7) is 10.5. The van der Waals surface area contributed by atoms with E-state index in [4.69, 9.17) is 0 Å². The molecule has 20 heavy (non-hydrogen) atoms. The molecule has 4 nitrogen and oxygen atoms in total. The SMILES string of the molecule is CCCCCNC(=O)C(C)NCC(C)N1CCCCC1. The molecule has 118 valence electrons. The van der Waals surface area contributed by atoms with Crippen molar-refractivity contribution in [2.45, 2.75) is 71.4 Å². The van der Waals surface area contributed by atoms with E-state index in [0.29, 0.717) is 6.04 Å². The number of unbranched alkanes of at least 4 members (excludes halogenated alkanes) is 2. The summed E-state index contributed by atoms with van der Waals surface area (Å²) < 4.78 is 0. The van der Waals surface area contributed by atoms with Gasteiger partial charge in [0.25, 0.3) is 0 Å². The Labute approximate surface area is 124 Å². The Morgan fingerprint density at radius 1 is 1.15 bits per heavy atom. The summed E-state index contributed by atoms with van der Waals surface area (Å²) in [7, 11) is 0. The standard InChI is InChI=1S/C16H33N3O/c1-4-5-7-10-17-16(20)15(3)18-13-14(2)19-11-8-6-9-12-19/h14-15,18H,4-13H2,1-3H3,(H,17,20). The smallest absolute Gasteiger partial charge is 0.236 e. The maximum atomic E-state index is 11.9. The van der Waals surface area contributed by atoms with Crippen molar-refractivity contribution in [2.24, 2.45) is 0 Å². The molecule has 0 aliphatic carbocycles. The Kier molecular flexibility index (Phi) is 8.86. The quantitative estimate of drug-likeness (QED) is 0.637. The lowest BCUT2D eigenvalue weighted by atomic mass is 10.1. The minimum Gasteiger partial charge on any atom is -0.355 e. The molecule has 0 radical (unpaired) electrons. The Hall–Kier alpha value is -0.610. The Morgan fingerprint density at radius 3 is 2.50 bits per heavy atom. The van der Waals surface area contributed by atoms with Crippen LogP contribution in [0.15, 0.2) is 0 Å². The highest BCUT2D eigenvalue weighted by Crippen LogP contribution is 2.11. The fourth-order valence-electron chi connectivity index (χ4n) is 2.67. The molecular weight excluding hydrogens is 250 g/mol. The van der Waals surface area contributed by atoms with Crippen molar-refractivity contribution in [1.29, 1.82) is 0 Å². The van der Waals surface area contributed by atoms with Crippen LogP contribution in [0.5, 0.6) is 0 Å². The number of carbonyl (C=O) groups excluding carboxylic acids is 1. The topological polar surface area (TPSA) is 44.4 Å². The normalized spacial score (nSPS) is 19.6. The second-order valence-corrected chi connectivity index (χ2v) is 6.07. The third kappa shape index (κ3) is 6.71. The monoisotopic (exact) mass is 283 g/mol. The van der Waals surface area contributed by atoms with Gasteiger partial charge in [-0.2, -0.15) is 0 Å². The highest BCUT2D eigenvalue weighted by atomic mass is 16.2. The zero-order valence-corrected chi connectivity index (χ0v) is 13.6. The molecule has 2 unspecified atom stereocenters. The summed E-state index contributed by atoms with van der Waals surface area (Å²) in [5.41, 5.74) is 0. The van der Waals surface area contributed by atoms with Crippen LogP contribution >= 0.6 is 0 Å². The first-order valence-corrected chi connectivity index (χ1v) is 8.40. The minimum absolute atomic E-state index is 0.0936. The third-order valence-electron chi connectivity index (χ3n) is 4.21. The summed E-state index contributed by atoms with van der Waals surface area (Å²) in [6, 6.07) is 0.425. The van der Waals surface area contributed by atoms with E-state index in [1.54, 1.807) is 0 Å². The van der Waals surface area contributed by atoms with Crippen molar-refractivity contribution in [1.82, 2.24) is 15.5 Å². The third-order valence-corrected chi connectivity index (χ3v) is 4.21. The van der Waals surface area contributed by atoms with E-state index in [1.165, 1.54) is 45.2 Å². The lowest BCUT2D eigenvalue weighted by Crippen LogP contribution is -2.49. The summed E-state index contributed by atoms with van der Waals surface area (Å²) in [5, 5.41) is 6.37. The maximum absolute atomic E-state index is 11.9. The van der Waals surface area contributed by atoms with Crippen molar-refractivity contribution in [2.75, 3.05) is 26.2 Å². The van der Waals surface area contributed by atoms with Gasteiger partial charge in [0.2, 0.25) is 5.91 Å². The Balaban J connectivity index is 2.14. The predicted octanol–water partition coefficient (Wildman–Crippen LogP) is 2.15. The van der Waals surface area contributed by atoms with Crippen LogP contribution < -0.4 is 10.6 Å². The average Bonchev–Trinajstić information content (AvgIpc) is 2.49. The highest BCUT2D eigenvalue weighted by Gasteiger charge is 2.18. The van der Waals surface area contributed by atoms with Gasteiger partial charge >= 0.3 is 0 Å². The molecule has 1 heterocycles. The van der Waals surface area contributed by atoms with Gasteiger partial charge in [-0.25, -0.2) is 0 Å². The molecule has 1 aliphatic heterocycles. The van der Waals surface area contributed by atoms with E-state index in [1.807, 2.05) is 6.92 Å². The molecule has 0 aromatic carbocycles. The number of hydrogen-bond donors (Lipinski definition) is 2. The fourth-order valence-corrected chi connectivity index (χ4v) is 2.67. The van der Waals surface area contributed by atoms with Gasteiger partial charge in [-0.3, -0.25) is 9.69 Å². The summed E-state index contributed by atoms with van der Waals surface area (Å²) in [6.07, 6.45) is 7.47. The van der Waals surface area contributed by atoms with Gasteiger partial charge in [0, 0.05) is 19.1 Å². The molecule has 0 bridgehead atoms. The Bertz CT molecular complexity index is 264. The van der Waals surface area contributed by atoms with Crippen molar-refractivity contribution in [3.05, 3.63) is 0 Å². The van der Waals surface area contributed by atoms with Crippen molar-refractivity contribution < 1.29 is 4.79 Å². The maximum Gasteiger partial charge on any atom is 0.236 e. The molecule has 1 saturated heterocycles. The second-order valence-electron chi connectivity index (χ2n) is 6.07. The number of likely N-dealkylation sites (tertiary alicyclic amines) is 1. The van der Waals surface area contributed by atoms with Crippen LogP contribution in [0.4, 0.5) is 0 Å². The molecule has 0 aromatic rings. The van der Waals surface area contributed by atoms with Crippen LogP contribution in [-0.2, 0) is 4.79 Å². The average molecular weight is 283 g/mol. The molecule has 4 heteroatoms. The number of amides is 1. The van der Waals surface area contributed by atoms with Gasteiger partial charge in [0.05, 0.1) is 6.04 Å². The van der Waals surface area contributed by atoms with Crippen LogP contribution in [-0.4, -0.2) is 49.1 Å². The zero-order chi connectivity index (χ0) is 14.8. The summed E-state index contributed by atoms with van der Waals surface area (Å²) >= 11 is 0. The first-order chi connectivity index (χ1) is 9.65. The van der Waals surface area contributed by atoms with Gasteiger partial charge < -0.3 is 10.6 Å². The molecule has 0 aromatic heterocycles. The lowest BCUT2D eigenvalue weighted by molar-refractivity contribution is -0.122. The van der Waals surface area contributed by atoms with Crippen LogP contribution in [0.1, 0.15) is 59.3 Å². The molecular formula is C16H33N3O. The second kappa shape index (κ2) is 10.2. The number of nitrogens with one attached hydrogen (secondary N) is 2. The molecule has 1 aliphatic rings. The van der Waals surface area contributed by atoms with Crippen molar-refractivity contribution in [3.8, 4) is 0 Å². The Morgan fingerprint density at radius 2 is 1.85 bits per heavy atom.